The van der Waals surface area contributed by atoms with E-state index in [4.69, 9.17) is 5.11 Å². The maximum absolute atomic E-state index is 13.2. The first-order chi connectivity index (χ1) is 6.81. The average Bonchev–Trinajstić information content (AvgIpc) is 2.50. The topological polar surface area (TPSA) is 37.3 Å². The van der Waals surface area contributed by atoms with E-state index in [0.717, 1.165) is 4.88 Å². The Morgan fingerprint density at radius 2 is 2.07 bits per heavy atom. The molecular formula is C10H10F2O2S. The third kappa shape index (κ3) is 1.22. The molecule has 15 heavy (non-hydrogen) atoms. The van der Waals surface area contributed by atoms with Crippen molar-refractivity contribution in [1.29, 1.82) is 0 Å². The third-order valence-corrected chi connectivity index (χ3v) is 3.82. The van der Waals surface area contributed by atoms with Gasteiger partial charge in [-0.1, -0.05) is 0 Å². The molecule has 1 aromatic rings. The first kappa shape index (κ1) is 10.5. The Hall–Kier alpha value is -0.970. The SMILES string of the molecule is Cc1cc(C2(C(=O)O)CC2(F)F)c(C)s1. The number of aryl methyl sites for hydroxylation is 2. The Morgan fingerprint density at radius 1 is 1.53 bits per heavy atom. The molecule has 1 aromatic heterocycles. The van der Waals surface area contributed by atoms with Crippen LogP contribution in [0, 0.1) is 13.8 Å². The zero-order valence-electron chi connectivity index (χ0n) is 8.30. The Morgan fingerprint density at radius 3 is 2.33 bits per heavy atom. The van der Waals surface area contributed by atoms with Crippen molar-refractivity contribution in [2.24, 2.45) is 0 Å². The summed E-state index contributed by atoms with van der Waals surface area (Å²) in [6.07, 6.45) is -0.577. The van der Waals surface area contributed by atoms with Crippen LogP contribution in [0.15, 0.2) is 6.07 Å². The maximum atomic E-state index is 13.2. The number of hydrogen-bond donors (Lipinski definition) is 1. The van der Waals surface area contributed by atoms with Crippen LogP contribution in [-0.2, 0) is 10.2 Å². The van der Waals surface area contributed by atoms with E-state index in [1.54, 1.807) is 19.9 Å². The molecule has 1 N–H and O–H groups in total. The second-order valence-corrected chi connectivity index (χ2v) is 5.38. The van der Waals surface area contributed by atoms with Gasteiger partial charge in [0, 0.05) is 16.2 Å². The molecule has 0 radical (unpaired) electrons. The Kier molecular flexibility index (Phi) is 1.96. The van der Waals surface area contributed by atoms with Gasteiger partial charge in [0.05, 0.1) is 0 Å². The lowest BCUT2D eigenvalue weighted by molar-refractivity contribution is -0.142. The van der Waals surface area contributed by atoms with E-state index in [2.05, 4.69) is 0 Å². The smallest absolute Gasteiger partial charge is 0.320 e. The van der Waals surface area contributed by atoms with E-state index in [1.165, 1.54) is 11.3 Å². The van der Waals surface area contributed by atoms with E-state index in [1.807, 2.05) is 0 Å². The Balaban J connectivity index is 2.54. The zero-order valence-corrected chi connectivity index (χ0v) is 9.12. The molecule has 1 saturated carbocycles. The summed E-state index contributed by atoms with van der Waals surface area (Å²) in [6, 6.07) is 1.56. The number of carbonyl (C=O) groups is 1. The van der Waals surface area contributed by atoms with E-state index in [-0.39, 0.29) is 5.56 Å². The molecule has 5 heteroatoms. The molecule has 0 bridgehead atoms. The number of carboxylic acids is 1. The molecule has 1 aliphatic carbocycles. The van der Waals surface area contributed by atoms with Crippen LogP contribution in [0.25, 0.3) is 0 Å². The Labute approximate surface area is 89.5 Å². The van der Waals surface area contributed by atoms with Crippen LogP contribution in [0.4, 0.5) is 8.78 Å². The second-order valence-electron chi connectivity index (χ2n) is 3.92. The lowest BCUT2D eigenvalue weighted by Crippen LogP contribution is -2.27. The number of aliphatic carboxylic acids is 1. The molecular weight excluding hydrogens is 222 g/mol. The normalized spacial score (nSPS) is 27.7. The monoisotopic (exact) mass is 232 g/mol. The molecule has 1 aliphatic rings. The number of thiophene rings is 1. The summed E-state index contributed by atoms with van der Waals surface area (Å²) in [7, 11) is 0. The summed E-state index contributed by atoms with van der Waals surface area (Å²) in [5.41, 5.74) is -1.68. The van der Waals surface area contributed by atoms with E-state index >= 15 is 0 Å². The number of carboxylic acid groups (broad SMARTS) is 1. The van der Waals surface area contributed by atoms with E-state index in [0.29, 0.717) is 4.88 Å². The fourth-order valence-electron chi connectivity index (χ4n) is 1.98. The van der Waals surface area contributed by atoms with Crippen LogP contribution < -0.4 is 0 Å². The lowest BCUT2D eigenvalue weighted by Gasteiger charge is -2.10. The van der Waals surface area contributed by atoms with Crippen molar-refractivity contribution in [3.63, 3.8) is 0 Å². The molecule has 1 fully saturated rings. The summed E-state index contributed by atoms with van der Waals surface area (Å²) >= 11 is 1.36. The van der Waals surface area contributed by atoms with Crippen molar-refractivity contribution < 1.29 is 18.7 Å². The number of rotatable bonds is 2. The van der Waals surface area contributed by atoms with E-state index < -0.39 is 23.7 Å². The van der Waals surface area contributed by atoms with Gasteiger partial charge in [0.2, 0.25) is 0 Å². The van der Waals surface area contributed by atoms with Crippen molar-refractivity contribution in [2.45, 2.75) is 31.6 Å². The Bertz CT molecular complexity index is 439. The fourth-order valence-corrected chi connectivity index (χ4v) is 2.99. The maximum Gasteiger partial charge on any atom is 0.320 e. The summed E-state index contributed by atoms with van der Waals surface area (Å²) in [6.45, 7) is 3.48. The molecule has 0 aliphatic heterocycles. The first-order valence-electron chi connectivity index (χ1n) is 4.50. The number of hydrogen-bond acceptors (Lipinski definition) is 2. The minimum absolute atomic E-state index is 0.280. The molecule has 2 nitrogen and oxygen atoms in total. The summed E-state index contributed by atoms with van der Waals surface area (Å²) in [4.78, 5) is 12.5. The molecule has 1 atom stereocenters. The molecule has 0 amide bonds. The zero-order chi connectivity index (χ0) is 11.4. The highest BCUT2D eigenvalue weighted by Gasteiger charge is 2.77. The van der Waals surface area contributed by atoms with Crippen molar-refractivity contribution in [2.75, 3.05) is 0 Å². The van der Waals surface area contributed by atoms with Crippen LogP contribution in [0.5, 0.6) is 0 Å². The lowest BCUT2D eigenvalue weighted by atomic mass is 9.96. The third-order valence-electron chi connectivity index (χ3n) is 2.85. The van der Waals surface area contributed by atoms with Crippen LogP contribution in [-0.4, -0.2) is 17.0 Å². The van der Waals surface area contributed by atoms with Gasteiger partial charge in [-0.25, -0.2) is 8.78 Å². The summed E-state index contributed by atoms with van der Waals surface area (Å²) in [5.74, 6) is -4.52. The quantitative estimate of drug-likeness (QED) is 0.851. The van der Waals surface area contributed by atoms with Gasteiger partial charge in [-0.15, -0.1) is 11.3 Å². The summed E-state index contributed by atoms with van der Waals surface area (Å²) in [5, 5.41) is 8.95. The first-order valence-corrected chi connectivity index (χ1v) is 5.31. The molecule has 1 unspecified atom stereocenters. The predicted octanol–water partition coefficient (Wildman–Crippen LogP) is 2.73. The second kappa shape index (κ2) is 2.78. The fraction of sp³-hybridized carbons (Fsp3) is 0.500. The van der Waals surface area contributed by atoms with Crippen molar-refractivity contribution >= 4 is 17.3 Å². The van der Waals surface area contributed by atoms with Crippen LogP contribution in [0.3, 0.4) is 0 Å². The summed E-state index contributed by atoms with van der Waals surface area (Å²) < 4.78 is 26.4. The minimum Gasteiger partial charge on any atom is -0.480 e. The number of halogens is 2. The van der Waals surface area contributed by atoms with Gasteiger partial charge < -0.3 is 5.11 Å². The van der Waals surface area contributed by atoms with Gasteiger partial charge in [-0.2, -0.15) is 0 Å². The molecule has 0 spiro atoms. The highest BCUT2D eigenvalue weighted by molar-refractivity contribution is 7.12. The molecule has 2 rings (SSSR count). The van der Waals surface area contributed by atoms with Crippen molar-refractivity contribution in [3.8, 4) is 0 Å². The minimum atomic E-state index is -3.10. The van der Waals surface area contributed by atoms with E-state index in [9.17, 15) is 13.6 Å². The highest BCUT2D eigenvalue weighted by atomic mass is 32.1. The van der Waals surface area contributed by atoms with Gasteiger partial charge in [0.1, 0.15) is 0 Å². The molecule has 0 aromatic carbocycles. The molecule has 82 valence electrons. The highest BCUT2D eigenvalue weighted by Crippen LogP contribution is 2.63. The van der Waals surface area contributed by atoms with Crippen molar-refractivity contribution in [1.82, 2.24) is 0 Å². The standard InChI is InChI=1S/C10H10F2O2S/c1-5-3-7(6(2)15-5)9(8(13)14)4-10(9,11)12/h3H,4H2,1-2H3,(H,13,14). The van der Waals surface area contributed by atoms with Gasteiger partial charge in [-0.3, -0.25) is 4.79 Å². The molecule has 1 heterocycles. The van der Waals surface area contributed by atoms with Crippen LogP contribution in [0.2, 0.25) is 0 Å². The van der Waals surface area contributed by atoms with Gasteiger partial charge >= 0.3 is 5.97 Å². The largest absolute Gasteiger partial charge is 0.480 e. The van der Waals surface area contributed by atoms with Gasteiger partial charge in [0.25, 0.3) is 5.92 Å². The molecule has 0 saturated heterocycles. The van der Waals surface area contributed by atoms with Crippen LogP contribution >= 0.6 is 11.3 Å². The van der Waals surface area contributed by atoms with Crippen LogP contribution in [0.1, 0.15) is 21.7 Å². The van der Waals surface area contributed by atoms with Gasteiger partial charge in [0.15, 0.2) is 5.41 Å². The van der Waals surface area contributed by atoms with Crippen molar-refractivity contribution in [3.05, 3.63) is 21.4 Å². The predicted molar refractivity (Wildman–Crippen MR) is 52.7 cm³/mol. The average molecular weight is 232 g/mol. The number of alkyl halides is 2. The van der Waals surface area contributed by atoms with Gasteiger partial charge in [-0.05, 0) is 25.5 Å².